The number of rotatable bonds is 4. The lowest BCUT2D eigenvalue weighted by Crippen LogP contribution is -2.58. The van der Waals surface area contributed by atoms with Gasteiger partial charge in [0.2, 0.25) is 0 Å². The van der Waals surface area contributed by atoms with Crippen molar-refractivity contribution in [1.29, 1.82) is 0 Å². The van der Waals surface area contributed by atoms with Crippen LogP contribution < -0.4 is 9.47 Å². The monoisotopic (exact) mass is 356 g/mol. The Kier molecular flexibility index (Phi) is 4.94. The van der Waals surface area contributed by atoms with Crippen LogP contribution in [0.15, 0.2) is 29.8 Å². The van der Waals surface area contributed by atoms with E-state index in [1.54, 1.807) is 0 Å². The molecule has 1 aliphatic carbocycles. The number of carbonyl (C=O) groups excluding carboxylic acids is 1. The third-order valence-corrected chi connectivity index (χ3v) is 6.53. The Morgan fingerprint density at radius 3 is 2.62 bits per heavy atom. The molecule has 3 heteroatoms. The van der Waals surface area contributed by atoms with E-state index in [0.717, 1.165) is 37.0 Å². The lowest BCUT2D eigenvalue weighted by atomic mass is 9.51. The summed E-state index contributed by atoms with van der Waals surface area (Å²) >= 11 is 0. The third kappa shape index (κ3) is 2.86. The van der Waals surface area contributed by atoms with Crippen LogP contribution in [0.2, 0.25) is 0 Å². The Balaban J connectivity index is 2.33. The van der Waals surface area contributed by atoms with Gasteiger partial charge in [-0.2, -0.15) is 0 Å². The van der Waals surface area contributed by atoms with Crippen molar-refractivity contribution in [2.24, 2.45) is 11.8 Å². The van der Waals surface area contributed by atoms with E-state index in [-0.39, 0.29) is 17.0 Å². The van der Waals surface area contributed by atoms with Gasteiger partial charge in [-0.1, -0.05) is 44.4 Å². The summed E-state index contributed by atoms with van der Waals surface area (Å²) in [5.74, 6) is 2.15. The van der Waals surface area contributed by atoms with Crippen molar-refractivity contribution < 1.29 is 14.3 Å². The molecule has 1 aliphatic heterocycles. The van der Waals surface area contributed by atoms with Gasteiger partial charge in [-0.25, -0.2) is 0 Å². The Labute approximate surface area is 157 Å². The highest BCUT2D eigenvalue weighted by atomic mass is 16.5. The van der Waals surface area contributed by atoms with Crippen LogP contribution in [-0.2, 0) is 10.2 Å². The van der Waals surface area contributed by atoms with Crippen molar-refractivity contribution in [3.8, 4) is 11.5 Å². The fourth-order valence-corrected chi connectivity index (χ4v) is 5.65. The van der Waals surface area contributed by atoms with E-state index in [4.69, 9.17) is 9.47 Å². The molecule has 0 N–H and O–H groups in total. The van der Waals surface area contributed by atoms with Gasteiger partial charge in [0.1, 0.15) is 17.1 Å². The first-order chi connectivity index (χ1) is 12.3. The molecular formula is C23H32O3. The first-order valence-corrected chi connectivity index (χ1v) is 9.92. The van der Waals surface area contributed by atoms with E-state index in [1.807, 2.05) is 18.2 Å². The predicted octanol–water partition coefficient (Wildman–Crippen LogP) is 5.81. The van der Waals surface area contributed by atoms with E-state index in [2.05, 4.69) is 40.7 Å². The lowest BCUT2D eigenvalue weighted by molar-refractivity contribution is -0.132. The molecule has 1 heterocycles. The highest BCUT2D eigenvalue weighted by molar-refractivity contribution is 5.71. The second kappa shape index (κ2) is 6.75. The van der Waals surface area contributed by atoms with Crippen LogP contribution in [0.25, 0.3) is 0 Å². The van der Waals surface area contributed by atoms with Crippen LogP contribution >= 0.6 is 0 Å². The molecular weight excluding hydrogens is 324 g/mol. The highest BCUT2D eigenvalue weighted by Gasteiger charge is 2.58. The molecule has 1 aromatic carbocycles. The van der Waals surface area contributed by atoms with Gasteiger partial charge in [-0.05, 0) is 51.7 Å². The molecule has 0 fully saturated rings. The summed E-state index contributed by atoms with van der Waals surface area (Å²) in [5.41, 5.74) is 2.21. The van der Waals surface area contributed by atoms with E-state index in [9.17, 15) is 4.79 Å². The first kappa shape index (κ1) is 19.0. The lowest BCUT2D eigenvalue weighted by Gasteiger charge is -2.58. The fourth-order valence-electron chi connectivity index (χ4n) is 5.65. The minimum atomic E-state index is -0.275. The zero-order valence-corrected chi connectivity index (χ0v) is 17.0. The summed E-state index contributed by atoms with van der Waals surface area (Å²) in [6, 6.07) is 5.90. The SMILES string of the molecule is CCC(CC)[C@@]12CC(C)=CC[C@H]1C(C)(C)Oc1cccc(OC(C)=O)c12. The Morgan fingerprint density at radius 2 is 2.00 bits per heavy atom. The van der Waals surface area contributed by atoms with Crippen molar-refractivity contribution in [2.45, 2.75) is 78.2 Å². The molecule has 0 spiro atoms. The van der Waals surface area contributed by atoms with Crippen LogP contribution in [-0.4, -0.2) is 11.6 Å². The number of hydrogen-bond acceptors (Lipinski definition) is 3. The zero-order valence-electron chi connectivity index (χ0n) is 17.0. The maximum atomic E-state index is 11.8. The standard InChI is InChI=1S/C23H32O3/c1-7-17(8-2)23-14-15(3)12-13-20(23)22(5,6)26-19-11-9-10-18(21(19)23)25-16(4)24/h9-12,17,20H,7-8,13-14H2,1-6H3/t20-,23-/m0/s1. The zero-order chi connectivity index (χ0) is 19.1. The molecule has 0 saturated heterocycles. The molecule has 0 saturated carbocycles. The second-order valence-electron chi connectivity index (χ2n) is 8.50. The van der Waals surface area contributed by atoms with Crippen molar-refractivity contribution >= 4 is 5.97 Å². The van der Waals surface area contributed by atoms with E-state index >= 15 is 0 Å². The molecule has 3 rings (SSSR count). The normalized spacial score (nSPS) is 26.4. The fraction of sp³-hybridized carbons (Fsp3) is 0.609. The van der Waals surface area contributed by atoms with Crippen LogP contribution in [0.5, 0.6) is 11.5 Å². The predicted molar refractivity (Wildman–Crippen MR) is 105 cm³/mol. The third-order valence-electron chi connectivity index (χ3n) is 6.53. The molecule has 0 amide bonds. The number of ether oxygens (including phenoxy) is 2. The van der Waals surface area contributed by atoms with Gasteiger partial charge in [0.05, 0.1) is 0 Å². The topological polar surface area (TPSA) is 35.5 Å². The van der Waals surface area contributed by atoms with Crippen molar-refractivity contribution in [1.82, 2.24) is 0 Å². The van der Waals surface area contributed by atoms with Crippen LogP contribution in [0.1, 0.15) is 72.8 Å². The van der Waals surface area contributed by atoms with Crippen LogP contribution in [0.3, 0.4) is 0 Å². The number of carbonyl (C=O) groups is 1. The summed E-state index contributed by atoms with van der Waals surface area (Å²) in [4.78, 5) is 11.8. The average Bonchev–Trinajstić information content (AvgIpc) is 2.54. The molecule has 3 nitrogen and oxygen atoms in total. The quantitative estimate of drug-likeness (QED) is 0.388. The van der Waals surface area contributed by atoms with Gasteiger partial charge in [0.15, 0.2) is 0 Å². The molecule has 0 bridgehead atoms. The summed E-state index contributed by atoms with van der Waals surface area (Å²) in [7, 11) is 0. The van der Waals surface area contributed by atoms with Gasteiger partial charge >= 0.3 is 5.97 Å². The van der Waals surface area contributed by atoms with E-state index in [1.165, 1.54) is 12.5 Å². The molecule has 0 radical (unpaired) electrons. The molecule has 2 atom stereocenters. The van der Waals surface area contributed by atoms with Crippen molar-refractivity contribution in [3.05, 3.63) is 35.4 Å². The van der Waals surface area contributed by atoms with Crippen molar-refractivity contribution in [3.63, 3.8) is 0 Å². The van der Waals surface area contributed by atoms with E-state index < -0.39 is 0 Å². The maximum absolute atomic E-state index is 11.8. The van der Waals surface area contributed by atoms with Gasteiger partial charge in [-0.3, -0.25) is 4.79 Å². The second-order valence-corrected chi connectivity index (χ2v) is 8.50. The molecule has 0 unspecified atom stereocenters. The molecule has 26 heavy (non-hydrogen) atoms. The van der Waals surface area contributed by atoms with Gasteiger partial charge in [0, 0.05) is 23.8 Å². The van der Waals surface area contributed by atoms with Gasteiger partial charge < -0.3 is 9.47 Å². The molecule has 0 aromatic heterocycles. The number of benzene rings is 1. The summed E-state index contributed by atoms with van der Waals surface area (Å²) < 4.78 is 12.2. The number of allylic oxidation sites excluding steroid dienone is 2. The number of hydrogen-bond donors (Lipinski definition) is 0. The molecule has 2 aliphatic rings. The summed E-state index contributed by atoms with van der Waals surface area (Å²) in [5, 5.41) is 0. The first-order valence-electron chi connectivity index (χ1n) is 9.92. The van der Waals surface area contributed by atoms with Gasteiger partial charge in [0.25, 0.3) is 0 Å². The van der Waals surface area contributed by atoms with Crippen LogP contribution in [0, 0.1) is 11.8 Å². The number of fused-ring (bicyclic) bond motifs is 3. The highest BCUT2D eigenvalue weighted by Crippen LogP contribution is 2.62. The van der Waals surface area contributed by atoms with Gasteiger partial charge in [-0.15, -0.1) is 0 Å². The smallest absolute Gasteiger partial charge is 0.308 e. The minimum absolute atomic E-state index is 0.0640. The summed E-state index contributed by atoms with van der Waals surface area (Å²) in [6.07, 6.45) is 6.58. The Bertz CT molecular complexity index is 727. The minimum Gasteiger partial charge on any atom is -0.487 e. The Morgan fingerprint density at radius 1 is 1.31 bits per heavy atom. The largest absolute Gasteiger partial charge is 0.487 e. The van der Waals surface area contributed by atoms with Crippen LogP contribution in [0.4, 0.5) is 0 Å². The van der Waals surface area contributed by atoms with E-state index in [0.29, 0.717) is 17.6 Å². The molecule has 1 aromatic rings. The van der Waals surface area contributed by atoms with Crippen molar-refractivity contribution in [2.75, 3.05) is 0 Å². The Hall–Kier alpha value is -1.77. The maximum Gasteiger partial charge on any atom is 0.308 e. The summed E-state index contributed by atoms with van der Waals surface area (Å²) in [6.45, 7) is 12.7. The molecule has 142 valence electrons. The number of esters is 1. The average molecular weight is 357 g/mol.